The first-order valence-corrected chi connectivity index (χ1v) is 7.05. The van der Waals surface area contributed by atoms with E-state index in [9.17, 15) is 0 Å². The molecule has 1 aromatic heterocycles. The quantitative estimate of drug-likeness (QED) is 0.916. The van der Waals surface area contributed by atoms with E-state index >= 15 is 0 Å². The van der Waals surface area contributed by atoms with E-state index in [0.29, 0.717) is 6.54 Å². The summed E-state index contributed by atoms with van der Waals surface area (Å²) < 4.78 is 2.31. The van der Waals surface area contributed by atoms with Crippen LogP contribution in [0.1, 0.15) is 31.2 Å². The monoisotopic (exact) mass is 255 g/mol. The Labute approximate surface area is 114 Å². The van der Waals surface area contributed by atoms with Crippen molar-refractivity contribution in [2.24, 2.45) is 5.73 Å². The lowest BCUT2D eigenvalue weighted by molar-refractivity contribution is 0.307. The van der Waals surface area contributed by atoms with Gasteiger partial charge in [-0.3, -0.25) is 0 Å². The molecular weight excluding hydrogens is 234 g/mol. The van der Waals surface area contributed by atoms with Crippen molar-refractivity contribution in [3.63, 3.8) is 0 Å². The molecule has 0 unspecified atom stereocenters. The molecule has 3 rings (SSSR count). The van der Waals surface area contributed by atoms with Gasteiger partial charge >= 0.3 is 0 Å². The zero-order valence-corrected chi connectivity index (χ0v) is 11.5. The van der Waals surface area contributed by atoms with E-state index in [4.69, 9.17) is 5.73 Å². The van der Waals surface area contributed by atoms with Crippen molar-refractivity contribution in [2.45, 2.75) is 38.1 Å². The van der Waals surface area contributed by atoms with Gasteiger partial charge < -0.3 is 10.3 Å². The third-order valence-electron chi connectivity index (χ3n) is 4.38. The van der Waals surface area contributed by atoms with Crippen molar-refractivity contribution in [3.05, 3.63) is 42.4 Å². The zero-order chi connectivity index (χ0) is 13.3. The molecule has 1 aromatic carbocycles. The molecule has 2 N–H and O–H groups in total. The number of aromatic nitrogens is 2. The van der Waals surface area contributed by atoms with E-state index < -0.39 is 0 Å². The number of rotatable bonds is 3. The molecule has 1 heterocycles. The fourth-order valence-corrected chi connectivity index (χ4v) is 3.27. The normalized spacial score (nSPS) is 17.8. The van der Waals surface area contributed by atoms with Crippen molar-refractivity contribution in [2.75, 3.05) is 6.54 Å². The Bertz CT molecular complexity index is 565. The maximum absolute atomic E-state index is 6.09. The Morgan fingerprint density at radius 3 is 2.79 bits per heavy atom. The van der Waals surface area contributed by atoms with Gasteiger partial charge in [-0.05, 0) is 25.8 Å². The highest BCUT2D eigenvalue weighted by molar-refractivity contribution is 5.60. The molecule has 0 spiro atoms. The number of hydrogen-bond acceptors (Lipinski definition) is 2. The van der Waals surface area contributed by atoms with Gasteiger partial charge in [0.2, 0.25) is 0 Å². The van der Waals surface area contributed by atoms with Crippen LogP contribution in [0.2, 0.25) is 0 Å². The van der Waals surface area contributed by atoms with Gasteiger partial charge in [0.1, 0.15) is 0 Å². The largest absolute Gasteiger partial charge is 0.328 e. The average Bonchev–Trinajstić information content (AvgIpc) is 3.08. The van der Waals surface area contributed by atoms with Crippen LogP contribution in [0.15, 0.2) is 36.8 Å². The molecule has 3 heteroatoms. The summed E-state index contributed by atoms with van der Waals surface area (Å²) in [7, 11) is 0. The van der Waals surface area contributed by atoms with Crippen molar-refractivity contribution < 1.29 is 0 Å². The fraction of sp³-hybridized carbons (Fsp3) is 0.438. The summed E-state index contributed by atoms with van der Waals surface area (Å²) in [6, 6.07) is 8.59. The van der Waals surface area contributed by atoms with Crippen LogP contribution >= 0.6 is 0 Å². The fourth-order valence-electron chi connectivity index (χ4n) is 3.27. The molecule has 0 saturated heterocycles. The highest BCUT2D eigenvalue weighted by Crippen LogP contribution is 2.38. The van der Waals surface area contributed by atoms with Crippen LogP contribution in [-0.2, 0) is 5.54 Å². The minimum Gasteiger partial charge on any atom is -0.328 e. The SMILES string of the molecule is Cc1cccc(-c2cncn2C2(CN)CCCC2)c1. The predicted molar refractivity (Wildman–Crippen MR) is 77.9 cm³/mol. The lowest BCUT2D eigenvalue weighted by atomic mass is 9.96. The Morgan fingerprint density at radius 2 is 2.11 bits per heavy atom. The van der Waals surface area contributed by atoms with Gasteiger partial charge in [0.25, 0.3) is 0 Å². The highest BCUT2D eigenvalue weighted by Gasteiger charge is 2.35. The van der Waals surface area contributed by atoms with Crippen molar-refractivity contribution in [1.29, 1.82) is 0 Å². The summed E-state index contributed by atoms with van der Waals surface area (Å²) >= 11 is 0. The van der Waals surface area contributed by atoms with Gasteiger partial charge in [-0.1, -0.05) is 36.6 Å². The standard InChI is InChI=1S/C16H21N3/c1-13-5-4-6-14(9-13)15-10-18-12-19(15)16(11-17)7-2-3-8-16/h4-6,9-10,12H,2-3,7-8,11,17H2,1H3. The second kappa shape index (κ2) is 4.82. The Morgan fingerprint density at radius 1 is 1.32 bits per heavy atom. The summed E-state index contributed by atoms with van der Waals surface area (Å²) in [6.45, 7) is 2.82. The van der Waals surface area contributed by atoms with Crippen molar-refractivity contribution in [1.82, 2.24) is 9.55 Å². The van der Waals surface area contributed by atoms with Crippen LogP contribution in [0.4, 0.5) is 0 Å². The maximum atomic E-state index is 6.09. The molecule has 0 radical (unpaired) electrons. The Balaban J connectivity index is 2.07. The minimum atomic E-state index is 0.0789. The zero-order valence-electron chi connectivity index (χ0n) is 11.5. The second-order valence-electron chi connectivity index (χ2n) is 5.65. The average molecular weight is 255 g/mol. The molecule has 0 bridgehead atoms. The van der Waals surface area contributed by atoms with Gasteiger partial charge in [-0.15, -0.1) is 0 Å². The molecule has 0 aliphatic heterocycles. The van der Waals surface area contributed by atoms with Crippen molar-refractivity contribution in [3.8, 4) is 11.3 Å². The van der Waals surface area contributed by atoms with Crippen LogP contribution in [0.25, 0.3) is 11.3 Å². The molecule has 1 aliphatic carbocycles. The summed E-state index contributed by atoms with van der Waals surface area (Å²) in [5.74, 6) is 0. The molecule has 1 saturated carbocycles. The number of nitrogens with two attached hydrogens (primary N) is 1. The summed E-state index contributed by atoms with van der Waals surface area (Å²) in [5, 5.41) is 0. The van der Waals surface area contributed by atoms with Crippen LogP contribution in [0, 0.1) is 6.92 Å². The second-order valence-corrected chi connectivity index (χ2v) is 5.65. The maximum Gasteiger partial charge on any atom is 0.0956 e. The van der Waals surface area contributed by atoms with Gasteiger partial charge in [0.15, 0.2) is 0 Å². The Kier molecular flexibility index (Phi) is 3.15. The van der Waals surface area contributed by atoms with E-state index in [1.807, 2.05) is 12.5 Å². The predicted octanol–water partition coefficient (Wildman–Crippen LogP) is 3.09. The number of imidazole rings is 1. The van der Waals surface area contributed by atoms with E-state index in [1.54, 1.807) is 0 Å². The highest BCUT2D eigenvalue weighted by atomic mass is 15.1. The van der Waals surface area contributed by atoms with E-state index in [2.05, 4.69) is 40.7 Å². The molecule has 19 heavy (non-hydrogen) atoms. The first kappa shape index (κ1) is 12.4. The summed E-state index contributed by atoms with van der Waals surface area (Å²) in [5.41, 5.74) is 9.87. The van der Waals surface area contributed by atoms with Gasteiger partial charge in [0, 0.05) is 12.1 Å². The summed E-state index contributed by atoms with van der Waals surface area (Å²) in [4.78, 5) is 4.37. The van der Waals surface area contributed by atoms with Gasteiger partial charge in [-0.2, -0.15) is 0 Å². The van der Waals surface area contributed by atoms with Crippen LogP contribution in [0.5, 0.6) is 0 Å². The summed E-state index contributed by atoms with van der Waals surface area (Å²) in [6.07, 6.45) is 8.78. The van der Waals surface area contributed by atoms with E-state index in [1.165, 1.54) is 42.5 Å². The number of hydrogen-bond donors (Lipinski definition) is 1. The molecule has 3 nitrogen and oxygen atoms in total. The minimum absolute atomic E-state index is 0.0789. The molecule has 0 amide bonds. The third kappa shape index (κ3) is 2.08. The molecule has 0 atom stereocenters. The molecule has 1 aliphatic rings. The third-order valence-corrected chi connectivity index (χ3v) is 4.38. The Hall–Kier alpha value is -1.61. The lowest BCUT2D eigenvalue weighted by Gasteiger charge is -2.31. The van der Waals surface area contributed by atoms with Gasteiger partial charge in [-0.25, -0.2) is 4.98 Å². The van der Waals surface area contributed by atoms with Crippen LogP contribution in [-0.4, -0.2) is 16.1 Å². The lowest BCUT2D eigenvalue weighted by Crippen LogP contribution is -2.38. The number of aryl methyl sites for hydroxylation is 1. The number of benzene rings is 1. The molecule has 1 fully saturated rings. The topological polar surface area (TPSA) is 43.8 Å². The molecule has 2 aromatic rings. The first-order valence-electron chi connectivity index (χ1n) is 7.05. The number of nitrogens with zero attached hydrogens (tertiary/aromatic N) is 2. The molecule has 100 valence electrons. The van der Waals surface area contributed by atoms with Crippen LogP contribution in [0.3, 0.4) is 0 Å². The smallest absolute Gasteiger partial charge is 0.0956 e. The molecular formula is C16H21N3. The van der Waals surface area contributed by atoms with Gasteiger partial charge in [0.05, 0.1) is 23.8 Å². The van der Waals surface area contributed by atoms with E-state index in [0.717, 1.165) is 0 Å². The van der Waals surface area contributed by atoms with Crippen LogP contribution < -0.4 is 5.73 Å². The first-order chi connectivity index (χ1) is 9.25. The van der Waals surface area contributed by atoms with Crippen molar-refractivity contribution >= 4 is 0 Å². The van der Waals surface area contributed by atoms with E-state index in [-0.39, 0.29) is 5.54 Å².